The maximum absolute atomic E-state index is 13.9. The van der Waals surface area contributed by atoms with E-state index in [1.165, 1.54) is 39.5 Å². The van der Waals surface area contributed by atoms with Gasteiger partial charge in [-0.15, -0.1) is 0 Å². The molecule has 1 fully saturated rings. The van der Waals surface area contributed by atoms with Crippen molar-refractivity contribution in [3.63, 3.8) is 0 Å². The van der Waals surface area contributed by atoms with E-state index in [0.717, 1.165) is 6.07 Å². The average Bonchev–Trinajstić information content (AvgIpc) is 2.94. The predicted molar refractivity (Wildman–Crippen MR) is 104 cm³/mol. The Hall–Kier alpha value is -2.85. The van der Waals surface area contributed by atoms with Crippen LogP contribution in [0.3, 0.4) is 0 Å². The Morgan fingerprint density at radius 3 is 2.52 bits per heavy atom. The molecule has 0 aliphatic carbocycles. The summed E-state index contributed by atoms with van der Waals surface area (Å²) >= 11 is 0. The molecule has 0 aromatic heterocycles. The maximum atomic E-state index is 13.9. The first-order chi connectivity index (χ1) is 13.7. The van der Waals surface area contributed by atoms with Crippen LogP contribution in [0.4, 0.5) is 10.1 Å². The lowest BCUT2D eigenvalue weighted by Crippen LogP contribution is -2.37. The van der Waals surface area contributed by atoms with Crippen molar-refractivity contribution in [3.8, 4) is 0 Å². The molecule has 154 valence electrons. The molecule has 0 saturated carbocycles. The van der Waals surface area contributed by atoms with Crippen molar-refractivity contribution >= 4 is 21.6 Å². The zero-order valence-corrected chi connectivity index (χ0v) is 16.6. The van der Waals surface area contributed by atoms with Crippen molar-refractivity contribution in [1.29, 1.82) is 0 Å². The Kier molecular flexibility index (Phi) is 5.94. The molecule has 0 unspecified atom stereocenters. The second-order valence-electron chi connectivity index (χ2n) is 6.74. The molecule has 2 aromatic rings. The molecule has 1 heterocycles. The number of sulfonamides is 1. The van der Waals surface area contributed by atoms with Crippen molar-refractivity contribution in [1.82, 2.24) is 9.21 Å². The topological polar surface area (TPSA) is 101 Å². The second kappa shape index (κ2) is 8.26. The lowest BCUT2D eigenvalue weighted by molar-refractivity contribution is -0.385. The summed E-state index contributed by atoms with van der Waals surface area (Å²) in [4.78, 5) is 24.3. The minimum atomic E-state index is -3.98. The first kappa shape index (κ1) is 20.9. The van der Waals surface area contributed by atoms with E-state index in [1.54, 1.807) is 13.0 Å². The highest BCUT2D eigenvalue weighted by atomic mass is 32.2. The van der Waals surface area contributed by atoms with Gasteiger partial charge in [-0.1, -0.05) is 18.2 Å². The number of hydrogen-bond donors (Lipinski definition) is 0. The van der Waals surface area contributed by atoms with Crippen LogP contribution in [-0.4, -0.2) is 54.6 Å². The Morgan fingerprint density at radius 1 is 1.10 bits per heavy atom. The molecule has 1 aliphatic rings. The monoisotopic (exact) mass is 421 g/mol. The first-order valence-electron chi connectivity index (χ1n) is 9.01. The van der Waals surface area contributed by atoms with Crippen molar-refractivity contribution in [2.24, 2.45) is 0 Å². The van der Waals surface area contributed by atoms with Gasteiger partial charge in [0, 0.05) is 38.3 Å². The number of nitro benzene ring substituents is 1. The second-order valence-corrected chi connectivity index (χ2v) is 8.64. The number of non-ortho nitro benzene ring substituents is 1. The summed E-state index contributed by atoms with van der Waals surface area (Å²) in [6, 6.07) is 9.36. The fraction of sp³-hybridized carbons (Fsp3) is 0.316. The molecule has 1 saturated heterocycles. The summed E-state index contributed by atoms with van der Waals surface area (Å²) in [5.41, 5.74) is 0.0397. The van der Waals surface area contributed by atoms with E-state index in [-0.39, 0.29) is 42.3 Å². The molecule has 2 aromatic carbocycles. The Balaban J connectivity index is 1.82. The molecular weight excluding hydrogens is 401 g/mol. The summed E-state index contributed by atoms with van der Waals surface area (Å²) in [5, 5.41) is 11.0. The van der Waals surface area contributed by atoms with Crippen LogP contribution in [0, 0.1) is 22.9 Å². The Bertz CT molecular complexity index is 1060. The molecule has 0 radical (unpaired) electrons. The fourth-order valence-electron chi connectivity index (χ4n) is 3.26. The van der Waals surface area contributed by atoms with Crippen LogP contribution in [0.5, 0.6) is 0 Å². The van der Waals surface area contributed by atoms with E-state index in [9.17, 15) is 27.7 Å². The van der Waals surface area contributed by atoms with Gasteiger partial charge in [-0.2, -0.15) is 4.31 Å². The lowest BCUT2D eigenvalue weighted by atomic mass is 10.2. The van der Waals surface area contributed by atoms with E-state index in [0.29, 0.717) is 12.0 Å². The molecule has 1 aliphatic heterocycles. The van der Waals surface area contributed by atoms with Gasteiger partial charge in [-0.25, -0.2) is 12.8 Å². The maximum Gasteiger partial charge on any atom is 0.270 e. The smallest absolute Gasteiger partial charge is 0.270 e. The van der Waals surface area contributed by atoms with Crippen LogP contribution in [0.1, 0.15) is 22.3 Å². The lowest BCUT2D eigenvalue weighted by Gasteiger charge is -2.22. The van der Waals surface area contributed by atoms with Gasteiger partial charge in [-0.3, -0.25) is 14.9 Å². The highest BCUT2D eigenvalue weighted by Crippen LogP contribution is 2.26. The van der Waals surface area contributed by atoms with Gasteiger partial charge in [-0.05, 0) is 31.0 Å². The Labute approximate surface area is 167 Å². The molecular formula is C19H20FN3O5S. The number of hydrogen-bond acceptors (Lipinski definition) is 5. The first-order valence-corrected chi connectivity index (χ1v) is 10.4. The molecule has 29 heavy (non-hydrogen) atoms. The highest BCUT2D eigenvalue weighted by Gasteiger charge is 2.31. The summed E-state index contributed by atoms with van der Waals surface area (Å²) in [5.74, 6) is -1.12. The third-order valence-electron chi connectivity index (χ3n) is 4.85. The number of halogens is 1. The number of benzene rings is 2. The van der Waals surface area contributed by atoms with Crippen LogP contribution in [0.2, 0.25) is 0 Å². The van der Waals surface area contributed by atoms with Crippen molar-refractivity contribution in [3.05, 3.63) is 69.5 Å². The number of aryl methyl sites for hydroxylation is 1. The average molecular weight is 421 g/mol. The van der Waals surface area contributed by atoms with Crippen LogP contribution >= 0.6 is 0 Å². The van der Waals surface area contributed by atoms with Gasteiger partial charge in [0.25, 0.3) is 11.6 Å². The largest absolute Gasteiger partial charge is 0.337 e. The third-order valence-corrected chi connectivity index (χ3v) is 6.89. The fourth-order valence-corrected chi connectivity index (χ4v) is 4.98. The van der Waals surface area contributed by atoms with E-state index >= 15 is 0 Å². The summed E-state index contributed by atoms with van der Waals surface area (Å²) in [6.45, 7) is 2.13. The van der Waals surface area contributed by atoms with Gasteiger partial charge in [0.1, 0.15) is 5.82 Å². The van der Waals surface area contributed by atoms with E-state index in [1.807, 2.05) is 0 Å². The van der Waals surface area contributed by atoms with E-state index in [4.69, 9.17) is 0 Å². The molecule has 3 rings (SSSR count). The summed E-state index contributed by atoms with van der Waals surface area (Å²) < 4.78 is 41.3. The van der Waals surface area contributed by atoms with Gasteiger partial charge in [0.2, 0.25) is 10.0 Å². The van der Waals surface area contributed by atoms with Gasteiger partial charge < -0.3 is 4.90 Å². The molecule has 0 bridgehead atoms. The number of amides is 1. The van der Waals surface area contributed by atoms with Crippen LogP contribution in [0.25, 0.3) is 0 Å². The number of carbonyl (C=O) groups is 1. The summed E-state index contributed by atoms with van der Waals surface area (Å²) in [6.07, 6.45) is 0.368. The molecule has 8 nitrogen and oxygen atoms in total. The quantitative estimate of drug-likeness (QED) is 0.558. The minimum absolute atomic E-state index is 0.0185. The zero-order chi connectivity index (χ0) is 21.2. The van der Waals surface area contributed by atoms with Gasteiger partial charge in [0.05, 0.1) is 15.4 Å². The van der Waals surface area contributed by atoms with Crippen molar-refractivity contribution < 1.29 is 22.5 Å². The highest BCUT2D eigenvalue weighted by molar-refractivity contribution is 7.89. The van der Waals surface area contributed by atoms with E-state index in [2.05, 4.69) is 0 Å². The molecule has 10 heteroatoms. The van der Waals surface area contributed by atoms with Crippen LogP contribution in [0.15, 0.2) is 47.4 Å². The third kappa shape index (κ3) is 4.28. The molecule has 1 amide bonds. The number of carbonyl (C=O) groups excluding carboxylic acids is 1. The number of nitrogens with zero attached hydrogens (tertiary/aromatic N) is 3. The summed E-state index contributed by atoms with van der Waals surface area (Å²) in [7, 11) is -3.98. The number of rotatable bonds is 4. The molecule has 0 atom stereocenters. The van der Waals surface area contributed by atoms with Crippen LogP contribution < -0.4 is 0 Å². The number of nitro groups is 1. The van der Waals surface area contributed by atoms with Crippen LogP contribution in [-0.2, 0) is 10.0 Å². The predicted octanol–water partition coefficient (Wildman–Crippen LogP) is 2.58. The SMILES string of the molecule is Cc1ccc([N+](=O)[O-])cc1S(=O)(=O)N1CCCN(C(=O)c2ccccc2F)CC1. The Morgan fingerprint density at radius 2 is 1.83 bits per heavy atom. The van der Waals surface area contributed by atoms with E-state index < -0.39 is 26.7 Å². The zero-order valence-electron chi connectivity index (χ0n) is 15.7. The van der Waals surface area contributed by atoms with Crippen molar-refractivity contribution in [2.75, 3.05) is 26.2 Å². The van der Waals surface area contributed by atoms with Crippen molar-refractivity contribution in [2.45, 2.75) is 18.2 Å². The van der Waals surface area contributed by atoms with Gasteiger partial charge in [0.15, 0.2) is 0 Å². The minimum Gasteiger partial charge on any atom is -0.337 e. The molecule has 0 N–H and O–H groups in total. The standard InChI is InChI=1S/C19H20FN3O5S/c1-14-7-8-15(23(25)26)13-18(14)29(27,28)22-10-4-9-21(11-12-22)19(24)16-5-2-3-6-17(16)20/h2-3,5-8,13H,4,9-12H2,1H3. The van der Waals surface area contributed by atoms with Gasteiger partial charge >= 0.3 is 0 Å². The molecule has 0 spiro atoms. The normalized spacial score (nSPS) is 15.7.